The molecule has 0 radical (unpaired) electrons. The van der Waals surface area contributed by atoms with E-state index in [9.17, 15) is 4.21 Å². The Hall–Kier alpha value is -2.34. The van der Waals surface area contributed by atoms with Crippen LogP contribution in [0.2, 0.25) is 0 Å². The third-order valence-electron chi connectivity index (χ3n) is 3.06. The predicted octanol–water partition coefficient (Wildman–Crippen LogP) is 2.84. The van der Waals surface area contributed by atoms with Gasteiger partial charge in [-0.3, -0.25) is 9.19 Å². The summed E-state index contributed by atoms with van der Waals surface area (Å²) in [4.78, 5) is 9.36. The second kappa shape index (κ2) is 5.57. The van der Waals surface area contributed by atoms with E-state index in [0.717, 1.165) is 16.0 Å². The standard InChI is InChI=1S/C15H13N3O2S/c1-10-5-4-8-16-13(10)14-17-15(20-18-14)11-6-3-7-12(9-11)21(2)19/h3-9H,1-2H3. The molecule has 6 heteroatoms. The number of hydrogen-bond acceptors (Lipinski definition) is 5. The van der Waals surface area contributed by atoms with Gasteiger partial charge in [0.2, 0.25) is 5.82 Å². The molecule has 1 aromatic carbocycles. The second-order valence-electron chi connectivity index (χ2n) is 4.57. The van der Waals surface area contributed by atoms with E-state index in [1.165, 1.54) is 0 Å². The first-order chi connectivity index (χ1) is 10.1. The summed E-state index contributed by atoms with van der Waals surface area (Å²) >= 11 is 0. The first-order valence-electron chi connectivity index (χ1n) is 6.35. The van der Waals surface area contributed by atoms with Crippen LogP contribution in [0.15, 0.2) is 52.0 Å². The van der Waals surface area contributed by atoms with Gasteiger partial charge in [0.25, 0.3) is 5.89 Å². The van der Waals surface area contributed by atoms with Crippen molar-refractivity contribution in [1.82, 2.24) is 15.1 Å². The molecule has 0 spiro atoms. The molecule has 0 saturated heterocycles. The summed E-state index contributed by atoms with van der Waals surface area (Å²) in [6, 6.07) is 11.1. The molecule has 2 aromatic heterocycles. The van der Waals surface area contributed by atoms with Crippen molar-refractivity contribution < 1.29 is 8.73 Å². The number of rotatable bonds is 3. The molecule has 0 aliphatic rings. The molecule has 3 rings (SSSR count). The maximum atomic E-state index is 11.5. The lowest BCUT2D eigenvalue weighted by Crippen LogP contribution is -1.90. The van der Waals surface area contributed by atoms with Gasteiger partial charge < -0.3 is 4.52 Å². The lowest BCUT2D eigenvalue weighted by Gasteiger charge is -1.98. The van der Waals surface area contributed by atoms with Crippen molar-refractivity contribution in [2.45, 2.75) is 11.8 Å². The van der Waals surface area contributed by atoms with Crippen molar-refractivity contribution in [2.75, 3.05) is 6.26 Å². The van der Waals surface area contributed by atoms with E-state index in [1.807, 2.05) is 31.2 Å². The van der Waals surface area contributed by atoms with E-state index in [2.05, 4.69) is 15.1 Å². The zero-order chi connectivity index (χ0) is 14.8. The van der Waals surface area contributed by atoms with Crippen molar-refractivity contribution >= 4 is 10.8 Å². The van der Waals surface area contributed by atoms with Crippen LogP contribution in [0, 0.1) is 6.92 Å². The van der Waals surface area contributed by atoms with Crippen molar-refractivity contribution in [3.05, 3.63) is 48.2 Å². The Morgan fingerprint density at radius 3 is 2.81 bits per heavy atom. The molecule has 21 heavy (non-hydrogen) atoms. The highest BCUT2D eigenvalue weighted by Gasteiger charge is 2.13. The lowest BCUT2D eigenvalue weighted by molar-refractivity contribution is 0.432. The third kappa shape index (κ3) is 2.75. The van der Waals surface area contributed by atoms with E-state index in [4.69, 9.17) is 4.52 Å². The highest BCUT2D eigenvalue weighted by molar-refractivity contribution is 7.84. The molecule has 0 saturated carbocycles. The van der Waals surface area contributed by atoms with Crippen LogP contribution in [0.1, 0.15) is 5.56 Å². The van der Waals surface area contributed by atoms with Crippen molar-refractivity contribution in [1.29, 1.82) is 0 Å². The van der Waals surface area contributed by atoms with Gasteiger partial charge in [-0.05, 0) is 36.8 Å². The van der Waals surface area contributed by atoms with E-state index >= 15 is 0 Å². The highest BCUT2D eigenvalue weighted by Crippen LogP contribution is 2.24. The van der Waals surface area contributed by atoms with Crippen LogP contribution < -0.4 is 0 Å². The Morgan fingerprint density at radius 1 is 1.19 bits per heavy atom. The Labute approximate surface area is 124 Å². The predicted molar refractivity (Wildman–Crippen MR) is 80.0 cm³/mol. The zero-order valence-electron chi connectivity index (χ0n) is 11.6. The van der Waals surface area contributed by atoms with Crippen LogP contribution in [0.4, 0.5) is 0 Å². The summed E-state index contributed by atoms with van der Waals surface area (Å²) in [7, 11) is -1.05. The number of aromatic nitrogens is 3. The quantitative estimate of drug-likeness (QED) is 0.744. The van der Waals surface area contributed by atoms with Gasteiger partial charge in [0.15, 0.2) is 0 Å². The average Bonchev–Trinajstić information content (AvgIpc) is 2.97. The highest BCUT2D eigenvalue weighted by atomic mass is 32.2. The molecule has 106 valence electrons. The fourth-order valence-electron chi connectivity index (χ4n) is 1.96. The molecular formula is C15H13N3O2S. The smallest absolute Gasteiger partial charge is 0.258 e. The topological polar surface area (TPSA) is 68.9 Å². The number of nitrogens with zero attached hydrogens (tertiary/aromatic N) is 3. The largest absolute Gasteiger partial charge is 0.334 e. The van der Waals surface area contributed by atoms with Gasteiger partial charge in [-0.1, -0.05) is 17.3 Å². The molecule has 0 fully saturated rings. The van der Waals surface area contributed by atoms with Crippen molar-refractivity contribution in [3.8, 4) is 23.0 Å². The number of pyridine rings is 1. The Morgan fingerprint density at radius 2 is 2.05 bits per heavy atom. The van der Waals surface area contributed by atoms with E-state index in [1.54, 1.807) is 24.6 Å². The van der Waals surface area contributed by atoms with Gasteiger partial charge in [0.1, 0.15) is 5.69 Å². The van der Waals surface area contributed by atoms with Gasteiger partial charge in [0, 0.05) is 33.7 Å². The fourth-order valence-corrected chi connectivity index (χ4v) is 2.53. The first-order valence-corrected chi connectivity index (χ1v) is 7.90. The van der Waals surface area contributed by atoms with E-state index < -0.39 is 10.8 Å². The average molecular weight is 299 g/mol. The summed E-state index contributed by atoms with van der Waals surface area (Å²) in [6.45, 7) is 1.94. The van der Waals surface area contributed by atoms with Gasteiger partial charge in [0.05, 0.1) is 0 Å². The van der Waals surface area contributed by atoms with Crippen LogP contribution in [0.5, 0.6) is 0 Å². The van der Waals surface area contributed by atoms with Gasteiger partial charge >= 0.3 is 0 Å². The monoisotopic (exact) mass is 299 g/mol. The molecule has 0 N–H and O–H groups in total. The Kier molecular flexibility index (Phi) is 3.62. The molecule has 1 atom stereocenters. The molecule has 0 bridgehead atoms. The van der Waals surface area contributed by atoms with Crippen LogP contribution in [-0.2, 0) is 10.8 Å². The molecule has 5 nitrogen and oxygen atoms in total. The summed E-state index contributed by atoms with van der Waals surface area (Å²) in [5, 5.41) is 3.97. The number of benzene rings is 1. The van der Waals surface area contributed by atoms with Crippen LogP contribution >= 0.6 is 0 Å². The summed E-state index contributed by atoms with van der Waals surface area (Å²) in [6.07, 6.45) is 3.33. The minimum absolute atomic E-state index is 0.391. The summed E-state index contributed by atoms with van der Waals surface area (Å²) in [5.41, 5.74) is 2.42. The maximum Gasteiger partial charge on any atom is 0.258 e. The molecular weight excluding hydrogens is 286 g/mol. The summed E-state index contributed by atoms with van der Waals surface area (Å²) in [5.74, 6) is 0.841. The minimum atomic E-state index is -1.05. The van der Waals surface area contributed by atoms with Crippen molar-refractivity contribution in [3.63, 3.8) is 0 Å². The normalized spacial score (nSPS) is 12.3. The Bertz CT molecular complexity index is 814. The molecule has 0 aliphatic heterocycles. The maximum absolute atomic E-state index is 11.5. The molecule has 0 aliphatic carbocycles. The van der Waals surface area contributed by atoms with Gasteiger partial charge in [-0.25, -0.2) is 0 Å². The SMILES string of the molecule is Cc1cccnc1-c1noc(-c2cccc(S(C)=O)c2)n1. The van der Waals surface area contributed by atoms with E-state index in [-0.39, 0.29) is 0 Å². The lowest BCUT2D eigenvalue weighted by atomic mass is 10.2. The number of hydrogen-bond donors (Lipinski definition) is 0. The molecule has 2 heterocycles. The molecule has 1 unspecified atom stereocenters. The van der Waals surface area contributed by atoms with E-state index in [0.29, 0.717) is 17.4 Å². The van der Waals surface area contributed by atoms with Gasteiger partial charge in [-0.15, -0.1) is 0 Å². The van der Waals surface area contributed by atoms with Crippen molar-refractivity contribution in [2.24, 2.45) is 0 Å². The number of aryl methyl sites for hydroxylation is 1. The second-order valence-corrected chi connectivity index (χ2v) is 5.95. The van der Waals surface area contributed by atoms with Crippen LogP contribution in [0.25, 0.3) is 23.0 Å². The molecule has 3 aromatic rings. The molecule has 0 amide bonds. The van der Waals surface area contributed by atoms with Crippen LogP contribution in [-0.4, -0.2) is 25.6 Å². The van der Waals surface area contributed by atoms with Crippen LogP contribution in [0.3, 0.4) is 0 Å². The minimum Gasteiger partial charge on any atom is -0.334 e. The third-order valence-corrected chi connectivity index (χ3v) is 3.98. The fraction of sp³-hybridized carbons (Fsp3) is 0.133. The van der Waals surface area contributed by atoms with Gasteiger partial charge in [-0.2, -0.15) is 4.98 Å². The summed E-state index contributed by atoms with van der Waals surface area (Å²) < 4.78 is 16.8. The first kappa shape index (κ1) is 13.6. The Balaban J connectivity index is 2.01. The zero-order valence-corrected chi connectivity index (χ0v) is 12.4.